The monoisotopic (exact) mass is 386 g/mol. The van der Waals surface area contributed by atoms with Gasteiger partial charge in [-0.2, -0.15) is 0 Å². The molecule has 0 bridgehead atoms. The van der Waals surface area contributed by atoms with Crippen molar-refractivity contribution in [3.8, 4) is 0 Å². The van der Waals surface area contributed by atoms with Crippen LogP contribution in [0.2, 0.25) is 0 Å². The number of rotatable bonds is 5. The van der Waals surface area contributed by atoms with Crippen molar-refractivity contribution in [2.75, 3.05) is 6.54 Å². The number of fused-ring (bicyclic) bond motifs is 1. The maximum atomic E-state index is 12.7. The van der Waals surface area contributed by atoms with E-state index in [1.807, 2.05) is 24.3 Å². The Kier molecular flexibility index (Phi) is 4.82. The van der Waals surface area contributed by atoms with Gasteiger partial charge in [0.15, 0.2) is 0 Å². The van der Waals surface area contributed by atoms with Gasteiger partial charge in [-0.05, 0) is 50.1 Å². The van der Waals surface area contributed by atoms with Gasteiger partial charge < -0.3 is 10.4 Å². The lowest BCUT2D eigenvalue weighted by Gasteiger charge is -2.28. The van der Waals surface area contributed by atoms with Gasteiger partial charge in [0.25, 0.3) is 5.91 Å². The highest BCUT2D eigenvalue weighted by atomic mass is 32.1. The number of benzene rings is 1. The zero-order valence-electron chi connectivity index (χ0n) is 14.7. The number of aliphatic hydroxyl groups excluding tert-OH is 1. The van der Waals surface area contributed by atoms with Crippen molar-refractivity contribution in [3.63, 3.8) is 0 Å². The third-order valence-electron chi connectivity index (χ3n) is 5.30. The van der Waals surface area contributed by atoms with Crippen LogP contribution in [0.25, 0.3) is 10.2 Å². The molecule has 4 rings (SSSR count). The third kappa shape index (κ3) is 3.29. The van der Waals surface area contributed by atoms with E-state index >= 15 is 0 Å². The number of aromatic nitrogens is 1. The van der Waals surface area contributed by atoms with E-state index in [2.05, 4.69) is 16.4 Å². The quantitative estimate of drug-likeness (QED) is 0.671. The minimum atomic E-state index is -0.437. The largest absolute Gasteiger partial charge is 0.388 e. The van der Waals surface area contributed by atoms with E-state index in [4.69, 9.17) is 0 Å². The van der Waals surface area contributed by atoms with Crippen LogP contribution in [0.5, 0.6) is 0 Å². The van der Waals surface area contributed by atoms with E-state index in [1.54, 1.807) is 35.1 Å². The number of amides is 1. The summed E-state index contributed by atoms with van der Waals surface area (Å²) in [5.41, 5.74) is 3.42. The number of thiazole rings is 1. The van der Waals surface area contributed by atoms with Crippen molar-refractivity contribution in [2.45, 2.75) is 44.1 Å². The smallest absolute Gasteiger partial charge is 0.251 e. The third-order valence-corrected chi connectivity index (χ3v) is 7.60. The molecule has 0 spiro atoms. The maximum absolute atomic E-state index is 12.7. The highest BCUT2D eigenvalue weighted by Gasteiger charge is 2.37. The predicted molar refractivity (Wildman–Crippen MR) is 107 cm³/mol. The van der Waals surface area contributed by atoms with Gasteiger partial charge in [0, 0.05) is 27.3 Å². The molecule has 26 heavy (non-hydrogen) atoms. The standard InChI is InChI=1S/C20H22N2O2S2/c1-13(23)16-6-7-18(26-16)20(8-2-3-9-20)11-21-19(24)14-4-5-15-17(10-14)25-12-22-15/h4-7,10,12-13,23H,2-3,8-9,11H2,1H3,(H,21,24)/t13-/m0/s1. The molecule has 4 nitrogen and oxygen atoms in total. The summed E-state index contributed by atoms with van der Waals surface area (Å²) in [5, 5.41) is 13.0. The maximum Gasteiger partial charge on any atom is 0.251 e. The van der Waals surface area contributed by atoms with Gasteiger partial charge in [-0.15, -0.1) is 22.7 Å². The van der Waals surface area contributed by atoms with Crippen molar-refractivity contribution < 1.29 is 9.90 Å². The molecule has 1 saturated carbocycles. The first kappa shape index (κ1) is 17.6. The highest BCUT2D eigenvalue weighted by molar-refractivity contribution is 7.16. The predicted octanol–water partition coefficient (Wildman–Crippen LogP) is 4.65. The summed E-state index contributed by atoms with van der Waals surface area (Å²) in [4.78, 5) is 19.2. The van der Waals surface area contributed by atoms with Crippen LogP contribution in [0, 0.1) is 0 Å². The summed E-state index contributed by atoms with van der Waals surface area (Å²) < 4.78 is 1.04. The van der Waals surface area contributed by atoms with Gasteiger partial charge in [-0.1, -0.05) is 12.8 Å². The first-order chi connectivity index (χ1) is 12.6. The molecule has 6 heteroatoms. The van der Waals surface area contributed by atoms with Crippen LogP contribution in [0.15, 0.2) is 35.8 Å². The Labute approximate surface area is 160 Å². The first-order valence-corrected chi connectivity index (χ1v) is 10.7. The molecule has 1 aliphatic carbocycles. The average molecular weight is 387 g/mol. The molecule has 3 aromatic rings. The number of nitrogens with one attached hydrogen (secondary N) is 1. The first-order valence-electron chi connectivity index (χ1n) is 8.97. The Morgan fingerprint density at radius 1 is 1.31 bits per heavy atom. The van der Waals surface area contributed by atoms with E-state index in [1.165, 1.54) is 17.7 Å². The van der Waals surface area contributed by atoms with Crippen molar-refractivity contribution in [1.82, 2.24) is 10.3 Å². The number of carbonyl (C=O) groups is 1. The summed E-state index contributed by atoms with van der Waals surface area (Å²) in [6, 6.07) is 9.81. The van der Waals surface area contributed by atoms with Gasteiger partial charge in [0.05, 0.1) is 21.8 Å². The zero-order valence-corrected chi connectivity index (χ0v) is 16.3. The van der Waals surface area contributed by atoms with Crippen LogP contribution in [-0.2, 0) is 5.41 Å². The van der Waals surface area contributed by atoms with Crippen molar-refractivity contribution >= 4 is 38.8 Å². The van der Waals surface area contributed by atoms with Crippen LogP contribution in [0.4, 0.5) is 0 Å². The summed E-state index contributed by atoms with van der Waals surface area (Å²) in [6.07, 6.45) is 4.10. The molecule has 2 N–H and O–H groups in total. The molecule has 0 saturated heterocycles. The number of thiophene rings is 1. The topological polar surface area (TPSA) is 62.2 Å². The Morgan fingerprint density at radius 3 is 2.85 bits per heavy atom. The zero-order chi connectivity index (χ0) is 18.1. The number of nitrogens with zero attached hydrogens (tertiary/aromatic N) is 1. The van der Waals surface area contributed by atoms with Gasteiger partial charge in [0.2, 0.25) is 0 Å². The molecule has 1 amide bonds. The fourth-order valence-electron chi connectivity index (χ4n) is 3.77. The highest BCUT2D eigenvalue weighted by Crippen LogP contribution is 2.44. The Balaban J connectivity index is 1.52. The Hall–Kier alpha value is -1.76. The molecule has 2 aromatic heterocycles. The van der Waals surface area contributed by atoms with E-state index in [-0.39, 0.29) is 11.3 Å². The molecule has 0 aliphatic heterocycles. The van der Waals surface area contributed by atoms with E-state index in [0.29, 0.717) is 12.1 Å². The van der Waals surface area contributed by atoms with Crippen molar-refractivity contribution in [1.29, 1.82) is 0 Å². The summed E-state index contributed by atoms with van der Waals surface area (Å²) in [7, 11) is 0. The molecular weight excluding hydrogens is 364 g/mol. The fourth-order valence-corrected chi connectivity index (χ4v) is 5.68. The Bertz CT molecular complexity index is 923. The molecule has 0 unspecified atom stereocenters. The van der Waals surface area contributed by atoms with Gasteiger partial charge in [0.1, 0.15) is 0 Å². The van der Waals surface area contributed by atoms with Crippen LogP contribution in [0.1, 0.15) is 58.8 Å². The molecular formula is C20H22N2O2S2. The summed E-state index contributed by atoms with van der Waals surface area (Å²) in [5.74, 6) is -0.0288. The van der Waals surface area contributed by atoms with Gasteiger partial charge in [-0.25, -0.2) is 4.98 Å². The minimum absolute atomic E-state index is 0.00204. The van der Waals surface area contributed by atoms with Crippen LogP contribution in [-0.4, -0.2) is 22.5 Å². The van der Waals surface area contributed by atoms with E-state index < -0.39 is 6.10 Å². The SMILES string of the molecule is C[C@H](O)c1ccc(C2(CNC(=O)c3ccc4ncsc4c3)CCCC2)s1. The lowest BCUT2D eigenvalue weighted by atomic mass is 9.84. The molecule has 2 heterocycles. The minimum Gasteiger partial charge on any atom is -0.388 e. The second kappa shape index (κ2) is 7.10. The fraction of sp³-hybridized carbons (Fsp3) is 0.400. The molecule has 136 valence electrons. The summed E-state index contributed by atoms with van der Waals surface area (Å²) in [6.45, 7) is 2.45. The number of aliphatic hydroxyl groups is 1. The molecule has 1 fully saturated rings. The number of carbonyl (C=O) groups excluding carboxylic acids is 1. The van der Waals surface area contributed by atoms with Crippen LogP contribution in [0.3, 0.4) is 0 Å². The molecule has 1 aliphatic rings. The van der Waals surface area contributed by atoms with E-state index in [0.717, 1.165) is 27.9 Å². The molecule has 0 radical (unpaired) electrons. The molecule has 1 aromatic carbocycles. The van der Waals surface area contributed by atoms with Gasteiger partial charge >= 0.3 is 0 Å². The lowest BCUT2D eigenvalue weighted by molar-refractivity contribution is 0.0943. The van der Waals surface area contributed by atoms with Crippen LogP contribution >= 0.6 is 22.7 Å². The molecule has 1 atom stereocenters. The number of hydrogen-bond acceptors (Lipinski definition) is 5. The average Bonchev–Trinajstić information content (AvgIpc) is 3.39. The van der Waals surface area contributed by atoms with Gasteiger partial charge in [-0.3, -0.25) is 4.79 Å². The summed E-state index contributed by atoms with van der Waals surface area (Å²) >= 11 is 3.23. The Morgan fingerprint density at radius 2 is 2.12 bits per heavy atom. The van der Waals surface area contributed by atoms with Crippen LogP contribution < -0.4 is 5.32 Å². The second-order valence-electron chi connectivity index (χ2n) is 7.08. The van der Waals surface area contributed by atoms with E-state index in [9.17, 15) is 9.90 Å². The second-order valence-corrected chi connectivity index (χ2v) is 9.08. The van der Waals surface area contributed by atoms with Crippen molar-refractivity contribution in [2.24, 2.45) is 0 Å². The number of hydrogen-bond donors (Lipinski definition) is 2. The lowest BCUT2D eigenvalue weighted by Crippen LogP contribution is -2.38. The van der Waals surface area contributed by atoms with Crippen molar-refractivity contribution in [3.05, 3.63) is 51.2 Å². The normalized spacial score (nSPS) is 17.5.